The van der Waals surface area contributed by atoms with Crippen LogP contribution in [0.5, 0.6) is 0 Å². The van der Waals surface area contributed by atoms with Gasteiger partial charge in [-0.15, -0.1) is 0 Å². The molecule has 34 heavy (non-hydrogen) atoms. The number of nitrogens with zero attached hydrogens (tertiary/aromatic N) is 4. The van der Waals surface area contributed by atoms with Crippen LogP contribution in [0, 0.1) is 0 Å². The molecular formula is C26H30ClN5OS. The highest BCUT2D eigenvalue weighted by Gasteiger charge is 2.19. The van der Waals surface area contributed by atoms with Gasteiger partial charge in [0, 0.05) is 56.1 Å². The highest BCUT2D eigenvalue weighted by atomic mass is 35.5. The van der Waals surface area contributed by atoms with Gasteiger partial charge >= 0.3 is 0 Å². The highest BCUT2D eigenvalue weighted by molar-refractivity contribution is 7.98. The van der Waals surface area contributed by atoms with Crippen molar-refractivity contribution in [2.45, 2.75) is 37.3 Å². The standard InChI is InChI=1S/C26H30ClN5OS/c1-19(2)28-25(33)22-10-6-9-21(15-22)18-34-26-29-23(27)16-24(30-26)32-13-11-31(12-14-32)17-20-7-4-3-5-8-20/h3-10,15-16,19H,11-14,17-18H2,1-2H3,(H,28,33). The van der Waals surface area contributed by atoms with Gasteiger partial charge < -0.3 is 10.2 Å². The number of hydrogen-bond donors (Lipinski definition) is 1. The van der Waals surface area contributed by atoms with E-state index in [1.54, 1.807) is 0 Å². The lowest BCUT2D eigenvalue weighted by molar-refractivity contribution is 0.0943. The zero-order valence-electron chi connectivity index (χ0n) is 19.6. The van der Waals surface area contributed by atoms with Crippen LogP contribution in [-0.2, 0) is 12.3 Å². The van der Waals surface area contributed by atoms with E-state index in [9.17, 15) is 4.79 Å². The third-order valence-corrected chi connectivity index (χ3v) is 6.70. The van der Waals surface area contributed by atoms with Crippen molar-refractivity contribution in [1.82, 2.24) is 20.2 Å². The fourth-order valence-electron chi connectivity index (χ4n) is 3.88. The number of thioether (sulfide) groups is 1. The summed E-state index contributed by atoms with van der Waals surface area (Å²) in [5.41, 5.74) is 3.04. The number of hydrogen-bond acceptors (Lipinski definition) is 6. The largest absolute Gasteiger partial charge is 0.354 e. The molecule has 1 N–H and O–H groups in total. The number of carbonyl (C=O) groups is 1. The summed E-state index contributed by atoms with van der Waals surface area (Å²) in [6.45, 7) is 8.63. The van der Waals surface area contributed by atoms with Gasteiger partial charge in [-0.25, -0.2) is 9.97 Å². The second-order valence-corrected chi connectivity index (χ2v) is 10.0. The number of anilines is 1. The molecule has 0 atom stereocenters. The minimum absolute atomic E-state index is 0.0606. The summed E-state index contributed by atoms with van der Waals surface area (Å²) < 4.78 is 0. The predicted octanol–water partition coefficient (Wildman–Crippen LogP) is 4.88. The Kier molecular flexibility index (Phi) is 8.43. The summed E-state index contributed by atoms with van der Waals surface area (Å²) in [4.78, 5) is 26.2. The van der Waals surface area contributed by atoms with Crippen molar-refractivity contribution in [2.75, 3.05) is 31.1 Å². The summed E-state index contributed by atoms with van der Waals surface area (Å²) in [7, 11) is 0. The van der Waals surface area contributed by atoms with Gasteiger partial charge in [-0.3, -0.25) is 9.69 Å². The fraction of sp³-hybridized carbons (Fsp3) is 0.346. The van der Waals surface area contributed by atoms with Crippen LogP contribution in [0.4, 0.5) is 5.82 Å². The van der Waals surface area contributed by atoms with Gasteiger partial charge in [0.25, 0.3) is 5.91 Å². The van der Waals surface area contributed by atoms with Crippen molar-refractivity contribution < 1.29 is 4.79 Å². The monoisotopic (exact) mass is 495 g/mol. The Balaban J connectivity index is 1.35. The lowest BCUT2D eigenvalue weighted by Gasteiger charge is -2.35. The molecule has 1 aromatic heterocycles. The van der Waals surface area contributed by atoms with Crippen LogP contribution in [0.25, 0.3) is 0 Å². The first-order valence-corrected chi connectivity index (χ1v) is 12.9. The lowest BCUT2D eigenvalue weighted by atomic mass is 10.1. The normalized spacial score (nSPS) is 14.4. The molecule has 178 valence electrons. The van der Waals surface area contributed by atoms with Crippen LogP contribution in [0.1, 0.15) is 35.3 Å². The molecule has 2 heterocycles. The van der Waals surface area contributed by atoms with Crippen molar-refractivity contribution in [3.63, 3.8) is 0 Å². The molecule has 0 aliphatic carbocycles. The maximum absolute atomic E-state index is 12.3. The van der Waals surface area contributed by atoms with E-state index in [0.717, 1.165) is 44.1 Å². The van der Waals surface area contributed by atoms with Crippen molar-refractivity contribution in [3.05, 3.63) is 82.5 Å². The van der Waals surface area contributed by atoms with Gasteiger partial charge in [-0.05, 0) is 37.1 Å². The predicted molar refractivity (Wildman–Crippen MR) is 140 cm³/mol. The van der Waals surface area contributed by atoms with Crippen LogP contribution < -0.4 is 10.2 Å². The number of rotatable bonds is 8. The average Bonchev–Trinajstić information content (AvgIpc) is 2.83. The average molecular weight is 496 g/mol. The van der Waals surface area contributed by atoms with Crippen molar-refractivity contribution >= 4 is 35.1 Å². The molecule has 1 amide bonds. The Morgan fingerprint density at radius 1 is 1.00 bits per heavy atom. The van der Waals surface area contributed by atoms with Gasteiger partial charge in [-0.1, -0.05) is 65.8 Å². The molecule has 0 radical (unpaired) electrons. The molecule has 0 bridgehead atoms. The first-order chi connectivity index (χ1) is 16.5. The quantitative estimate of drug-likeness (QED) is 0.273. The van der Waals surface area contributed by atoms with Gasteiger partial charge in [-0.2, -0.15) is 0 Å². The SMILES string of the molecule is CC(C)NC(=O)c1cccc(CSc2nc(Cl)cc(N3CCN(Cc4ccccc4)CC3)n2)c1. The van der Waals surface area contributed by atoms with Gasteiger partial charge in [0.05, 0.1) is 0 Å². The Hall–Kier alpha value is -2.61. The van der Waals surface area contributed by atoms with Crippen LogP contribution >= 0.6 is 23.4 Å². The van der Waals surface area contributed by atoms with Crippen LogP contribution in [0.3, 0.4) is 0 Å². The zero-order chi connectivity index (χ0) is 23.9. The van der Waals surface area contributed by atoms with Crippen molar-refractivity contribution in [1.29, 1.82) is 0 Å². The van der Waals surface area contributed by atoms with E-state index in [0.29, 0.717) is 21.6 Å². The van der Waals surface area contributed by atoms with Crippen LogP contribution in [0.2, 0.25) is 5.15 Å². The number of benzene rings is 2. The number of halogens is 1. The second-order valence-electron chi connectivity index (χ2n) is 8.70. The van der Waals surface area contributed by atoms with Crippen molar-refractivity contribution in [3.8, 4) is 0 Å². The fourth-order valence-corrected chi connectivity index (χ4v) is 4.91. The van der Waals surface area contributed by atoms with Gasteiger partial charge in [0.15, 0.2) is 5.16 Å². The van der Waals surface area contributed by atoms with Crippen LogP contribution in [-0.4, -0.2) is 53.0 Å². The van der Waals surface area contributed by atoms with Crippen LogP contribution in [0.15, 0.2) is 65.8 Å². The molecule has 1 aliphatic heterocycles. The Bertz CT molecular complexity index is 1100. The minimum Gasteiger partial charge on any atom is -0.354 e. The molecular weight excluding hydrogens is 466 g/mol. The van der Waals surface area contributed by atoms with E-state index in [1.165, 1.54) is 17.3 Å². The van der Waals surface area contributed by atoms with E-state index in [2.05, 4.69) is 50.4 Å². The summed E-state index contributed by atoms with van der Waals surface area (Å²) in [6.07, 6.45) is 0. The highest BCUT2D eigenvalue weighted by Crippen LogP contribution is 2.26. The zero-order valence-corrected chi connectivity index (χ0v) is 21.1. The third kappa shape index (κ3) is 6.95. The molecule has 6 nitrogen and oxygen atoms in total. The summed E-state index contributed by atoms with van der Waals surface area (Å²) in [5.74, 6) is 1.47. The molecule has 0 spiro atoms. The number of aromatic nitrogens is 2. The smallest absolute Gasteiger partial charge is 0.251 e. The first kappa shape index (κ1) is 24.5. The maximum atomic E-state index is 12.3. The number of nitrogens with one attached hydrogen (secondary N) is 1. The van der Waals surface area contributed by atoms with E-state index in [-0.39, 0.29) is 11.9 Å². The molecule has 1 saturated heterocycles. The third-order valence-electron chi connectivity index (χ3n) is 5.58. The Morgan fingerprint density at radius 2 is 1.74 bits per heavy atom. The molecule has 0 unspecified atom stereocenters. The van der Waals surface area contributed by atoms with E-state index < -0.39 is 0 Å². The topological polar surface area (TPSA) is 61.4 Å². The molecule has 0 saturated carbocycles. The van der Waals surface area contributed by atoms with E-state index in [1.807, 2.05) is 44.2 Å². The lowest BCUT2D eigenvalue weighted by Crippen LogP contribution is -2.46. The number of amides is 1. The molecule has 8 heteroatoms. The molecule has 1 fully saturated rings. The summed E-state index contributed by atoms with van der Waals surface area (Å²) in [6, 6.07) is 20.2. The molecule has 2 aromatic carbocycles. The van der Waals surface area contributed by atoms with Crippen molar-refractivity contribution in [2.24, 2.45) is 0 Å². The molecule has 3 aromatic rings. The number of piperazine rings is 1. The number of carbonyl (C=O) groups excluding carboxylic acids is 1. The van der Waals surface area contributed by atoms with Gasteiger partial charge in [0.1, 0.15) is 11.0 Å². The molecule has 1 aliphatic rings. The maximum Gasteiger partial charge on any atom is 0.251 e. The second kappa shape index (κ2) is 11.7. The first-order valence-electron chi connectivity index (χ1n) is 11.5. The molecule has 4 rings (SSSR count). The summed E-state index contributed by atoms with van der Waals surface area (Å²) in [5, 5.41) is 4.02. The minimum atomic E-state index is -0.0606. The summed E-state index contributed by atoms with van der Waals surface area (Å²) >= 11 is 7.87. The van der Waals surface area contributed by atoms with E-state index >= 15 is 0 Å². The van der Waals surface area contributed by atoms with Gasteiger partial charge in [0.2, 0.25) is 0 Å². The Labute approximate surface area is 210 Å². The van der Waals surface area contributed by atoms with E-state index in [4.69, 9.17) is 16.6 Å². The Morgan fingerprint density at radius 3 is 2.47 bits per heavy atom.